The van der Waals surface area contributed by atoms with Gasteiger partial charge in [0.2, 0.25) is 5.91 Å². The van der Waals surface area contributed by atoms with E-state index in [0.29, 0.717) is 5.82 Å². The van der Waals surface area contributed by atoms with Crippen LogP contribution in [-0.4, -0.2) is 68.3 Å². The van der Waals surface area contributed by atoms with Gasteiger partial charge in [0.15, 0.2) is 0 Å². The van der Waals surface area contributed by atoms with Crippen molar-refractivity contribution in [3.8, 4) is 0 Å². The predicted octanol–water partition coefficient (Wildman–Crippen LogP) is -1.01. The fraction of sp³-hybridized carbons (Fsp3) is 0.615. The van der Waals surface area contributed by atoms with Gasteiger partial charge in [0.1, 0.15) is 5.82 Å². The average Bonchev–Trinajstić information content (AvgIpc) is 3.00. The summed E-state index contributed by atoms with van der Waals surface area (Å²) in [5, 5.41) is 22.6. The van der Waals surface area contributed by atoms with Gasteiger partial charge in [0.05, 0.1) is 12.6 Å². The average molecular weight is 345 g/mol. The molecule has 1 fully saturated rings. The van der Waals surface area contributed by atoms with Gasteiger partial charge in [0, 0.05) is 0 Å². The van der Waals surface area contributed by atoms with E-state index in [9.17, 15) is 9.59 Å². The number of aromatic amines is 2. The molecule has 1 saturated heterocycles. The van der Waals surface area contributed by atoms with Crippen LogP contribution in [0.2, 0.25) is 0 Å². The summed E-state index contributed by atoms with van der Waals surface area (Å²) >= 11 is 0. The van der Waals surface area contributed by atoms with Crippen molar-refractivity contribution in [1.82, 2.24) is 25.4 Å². The molecule has 0 radical (unpaired) electrons. The zero-order valence-electron chi connectivity index (χ0n) is 13.4. The van der Waals surface area contributed by atoms with Gasteiger partial charge in [-0.2, -0.15) is 5.10 Å². The summed E-state index contributed by atoms with van der Waals surface area (Å²) in [5.41, 5.74) is -0.358. The first kappa shape index (κ1) is 21.3. The largest absolute Gasteiger partial charge is 0.483 e. The van der Waals surface area contributed by atoms with Gasteiger partial charge in [-0.3, -0.25) is 24.3 Å². The van der Waals surface area contributed by atoms with E-state index in [1.807, 2.05) is 6.92 Å². The molecule has 136 valence electrons. The van der Waals surface area contributed by atoms with E-state index >= 15 is 0 Å². The molecule has 0 spiro atoms. The number of nitrogens with zero attached hydrogens (tertiary/aromatic N) is 2. The smallest absolute Gasteiger partial charge is 0.340 e. The zero-order valence-corrected chi connectivity index (χ0v) is 13.4. The zero-order chi connectivity index (χ0) is 18.4. The van der Waals surface area contributed by atoms with E-state index < -0.39 is 0 Å². The van der Waals surface area contributed by atoms with Crippen molar-refractivity contribution >= 4 is 18.9 Å². The molecule has 1 aromatic rings. The Hall–Kier alpha value is -2.69. The highest BCUT2D eigenvalue weighted by Gasteiger charge is 2.22. The number of nitrogens with one attached hydrogen (secondary N) is 3. The standard InChI is InChI=1S/C11H19N5O2.2CH2O2/c1-8(16-5-3-2-4-6-16)10(17)12-7-9-13-11(18)15-14-9;2*2-1-3/h8H,2-7H2,1H3,(H,12,17)(H2,13,14,15,18);2*1H,(H,2,3). The lowest BCUT2D eigenvalue weighted by molar-refractivity contribution is -0.126. The van der Waals surface area contributed by atoms with Crippen molar-refractivity contribution < 1.29 is 24.6 Å². The van der Waals surface area contributed by atoms with Crippen molar-refractivity contribution in [3.05, 3.63) is 16.3 Å². The van der Waals surface area contributed by atoms with Gasteiger partial charge in [0.25, 0.3) is 12.9 Å². The minimum atomic E-state index is -0.358. The molecule has 1 unspecified atom stereocenters. The number of H-pyrrole nitrogens is 2. The molecule has 24 heavy (non-hydrogen) atoms. The summed E-state index contributed by atoms with van der Waals surface area (Å²) in [7, 11) is 0. The molecule has 1 atom stereocenters. The molecule has 1 amide bonds. The Morgan fingerprint density at radius 2 is 1.83 bits per heavy atom. The van der Waals surface area contributed by atoms with E-state index in [-0.39, 0.29) is 37.1 Å². The van der Waals surface area contributed by atoms with Crippen LogP contribution < -0.4 is 11.0 Å². The summed E-state index contributed by atoms with van der Waals surface area (Å²) in [4.78, 5) is 44.2. The molecule has 2 heterocycles. The summed E-state index contributed by atoms with van der Waals surface area (Å²) in [6.07, 6.45) is 3.56. The van der Waals surface area contributed by atoms with Crippen LogP contribution in [0.5, 0.6) is 0 Å². The molecule has 0 bridgehead atoms. The van der Waals surface area contributed by atoms with Gasteiger partial charge >= 0.3 is 5.69 Å². The molecule has 2 rings (SSSR count). The lowest BCUT2D eigenvalue weighted by Gasteiger charge is -2.31. The second-order valence-electron chi connectivity index (χ2n) is 4.83. The van der Waals surface area contributed by atoms with Crippen LogP contribution >= 0.6 is 0 Å². The molecule has 11 nitrogen and oxygen atoms in total. The first-order chi connectivity index (χ1) is 11.5. The van der Waals surface area contributed by atoms with Crippen LogP contribution in [0.25, 0.3) is 0 Å². The topological polar surface area (TPSA) is 168 Å². The summed E-state index contributed by atoms with van der Waals surface area (Å²) < 4.78 is 0. The minimum absolute atomic E-state index is 0.0271. The number of hydrogen-bond acceptors (Lipinski definition) is 6. The first-order valence-electron chi connectivity index (χ1n) is 7.31. The minimum Gasteiger partial charge on any atom is -0.483 e. The monoisotopic (exact) mass is 345 g/mol. The number of aromatic nitrogens is 3. The number of likely N-dealkylation sites (tertiary alicyclic amines) is 1. The van der Waals surface area contributed by atoms with Crippen LogP contribution in [0.3, 0.4) is 0 Å². The molecule has 1 aliphatic rings. The maximum Gasteiger partial charge on any atom is 0.340 e. The Morgan fingerprint density at radius 1 is 1.29 bits per heavy atom. The third kappa shape index (κ3) is 8.68. The maximum absolute atomic E-state index is 11.9. The summed E-state index contributed by atoms with van der Waals surface area (Å²) in [6, 6.07) is -0.129. The molecular formula is C13H23N5O6. The van der Waals surface area contributed by atoms with Crippen LogP contribution in [0, 0.1) is 0 Å². The van der Waals surface area contributed by atoms with E-state index in [0.717, 1.165) is 25.9 Å². The van der Waals surface area contributed by atoms with Gasteiger partial charge < -0.3 is 15.5 Å². The fourth-order valence-corrected chi connectivity index (χ4v) is 2.18. The van der Waals surface area contributed by atoms with Crippen molar-refractivity contribution in [2.75, 3.05) is 13.1 Å². The van der Waals surface area contributed by atoms with E-state index in [1.54, 1.807) is 0 Å². The molecular weight excluding hydrogens is 322 g/mol. The van der Waals surface area contributed by atoms with Gasteiger partial charge in [-0.15, -0.1) is 0 Å². The third-order valence-corrected chi connectivity index (χ3v) is 3.30. The lowest BCUT2D eigenvalue weighted by atomic mass is 10.1. The molecule has 0 aliphatic carbocycles. The number of carbonyl (C=O) groups excluding carboxylic acids is 1. The molecule has 0 aromatic carbocycles. The highest BCUT2D eigenvalue weighted by molar-refractivity contribution is 5.81. The number of rotatable bonds is 4. The Labute approximate surface area is 138 Å². The van der Waals surface area contributed by atoms with Gasteiger partial charge in [-0.25, -0.2) is 9.89 Å². The Morgan fingerprint density at radius 3 is 2.29 bits per heavy atom. The second-order valence-corrected chi connectivity index (χ2v) is 4.83. The van der Waals surface area contributed by atoms with E-state index in [2.05, 4.69) is 25.4 Å². The quantitative estimate of drug-likeness (QED) is 0.432. The van der Waals surface area contributed by atoms with Gasteiger partial charge in [-0.05, 0) is 32.9 Å². The number of piperidine rings is 1. The van der Waals surface area contributed by atoms with Crippen LogP contribution in [0.15, 0.2) is 4.79 Å². The highest BCUT2D eigenvalue weighted by atomic mass is 16.3. The number of amides is 1. The summed E-state index contributed by atoms with van der Waals surface area (Å²) in [6.45, 7) is 3.62. The van der Waals surface area contributed by atoms with Crippen molar-refractivity contribution in [2.45, 2.75) is 38.8 Å². The number of carbonyl (C=O) groups is 3. The van der Waals surface area contributed by atoms with Crippen molar-refractivity contribution in [1.29, 1.82) is 0 Å². The van der Waals surface area contributed by atoms with Crippen LogP contribution in [-0.2, 0) is 20.9 Å². The van der Waals surface area contributed by atoms with Crippen molar-refractivity contribution in [2.24, 2.45) is 0 Å². The second kappa shape index (κ2) is 12.8. The van der Waals surface area contributed by atoms with Crippen LogP contribution in [0.1, 0.15) is 32.0 Å². The Bertz CT molecular complexity index is 531. The SMILES string of the molecule is CC(C(=O)NCc1n[nH]c(=O)[nH]1)N1CCCCC1.O=CO.O=CO. The van der Waals surface area contributed by atoms with Gasteiger partial charge in [-0.1, -0.05) is 6.42 Å². The Kier molecular flexibility index (Phi) is 11.4. The molecule has 1 aliphatic heterocycles. The molecule has 1 aromatic heterocycles. The first-order valence-corrected chi connectivity index (χ1v) is 7.31. The normalized spacial score (nSPS) is 14.9. The number of hydrogen-bond donors (Lipinski definition) is 5. The molecule has 5 N–H and O–H groups in total. The lowest BCUT2D eigenvalue weighted by Crippen LogP contribution is -2.47. The fourth-order valence-electron chi connectivity index (χ4n) is 2.18. The molecule has 11 heteroatoms. The Balaban J connectivity index is 0.000000772. The third-order valence-electron chi connectivity index (χ3n) is 3.30. The van der Waals surface area contributed by atoms with E-state index in [4.69, 9.17) is 19.8 Å². The summed E-state index contributed by atoms with van der Waals surface area (Å²) in [5.74, 6) is 0.417. The predicted molar refractivity (Wildman–Crippen MR) is 83.3 cm³/mol. The van der Waals surface area contributed by atoms with Crippen LogP contribution in [0.4, 0.5) is 0 Å². The highest BCUT2D eigenvalue weighted by Crippen LogP contribution is 2.11. The van der Waals surface area contributed by atoms with E-state index in [1.165, 1.54) is 6.42 Å². The number of carboxylic acid groups (broad SMARTS) is 2. The van der Waals surface area contributed by atoms with Crippen molar-refractivity contribution in [3.63, 3.8) is 0 Å². The molecule has 0 saturated carbocycles. The maximum atomic E-state index is 11.9.